The molecule has 0 saturated carbocycles. The van der Waals surface area contributed by atoms with Crippen molar-refractivity contribution < 1.29 is 18.0 Å². The fourth-order valence-electron chi connectivity index (χ4n) is 4.59. The van der Waals surface area contributed by atoms with Crippen LogP contribution in [0.2, 0.25) is 0 Å². The summed E-state index contributed by atoms with van der Waals surface area (Å²) in [5, 5.41) is 18.6. The maximum absolute atomic E-state index is 13.1. The highest BCUT2D eigenvalue weighted by Crippen LogP contribution is 2.31. The first-order valence-electron chi connectivity index (χ1n) is 11.5. The molecule has 0 spiro atoms. The quantitative estimate of drug-likeness (QED) is 0.242. The van der Waals surface area contributed by atoms with E-state index in [2.05, 4.69) is 32.3 Å². The van der Waals surface area contributed by atoms with Gasteiger partial charge in [0.1, 0.15) is 11.6 Å². The lowest BCUT2D eigenvalue weighted by Gasteiger charge is -2.31. The molecular formula is C26H18F3N7O2. The summed E-state index contributed by atoms with van der Waals surface area (Å²) in [6.45, 7) is 0.768. The van der Waals surface area contributed by atoms with Gasteiger partial charge in [-0.15, -0.1) is 24.7 Å². The zero-order valence-corrected chi connectivity index (χ0v) is 19.7. The smallest absolute Gasteiger partial charge is 0.339 e. The Bertz CT molecular complexity index is 1730. The molecule has 2 aromatic carbocycles. The molecule has 1 aliphatic rings. The van der Waals surface area contributed by atoms with Crippen LogP contribution in [0.1, 0.15) is 45.9 Å². The van der Waals surface area contributed by atoms with Gasteiger partial charge in [0.15, 0.2) is 5.65 Å². The molecule has 0 radical (unpaired) electrons. The van der Waals surface area contributed by atoms with Gasteiger partial charge < -0.3 is 4.90 Å². The zero-order chi connectivity index (χ0) is 27.0. The number of azo groups is 1. The first-order chi connectivity index (χ1) is 18.2. The number of fused-ring (bicyclic) bond motifs is 2. The standard InChI is InChI=1S/C26H18F3N7O2/c1-2-15-3-8-21-19(13-15)25(38)36-23(31-21)20(14-30)22(33-36)16-9-11-35(12-10-16)24(37)17-4-6-18(7-5-17)32-34-26(27,28)29/h1,3-8,13,16,33H,9-12H2. The Morgan fingerprint density at radius 3 is 2.50 bits per heavy atom. The monoisotopic (exact) mass is 517 g/mol. The van der Waals surface area contributed by atoms with Gasteiger partial charge in [-0.25, -0.2) is 4.98 Å². The van der Waals surface area contributed by atoms with Crippen molar-refractivity contribution in [1.29, 1.82) is 5.26 Å². The molecule has 190 valence electrons. The van der Waals surface area contributed by atoms with Gasteiger partial charge in [-0.1, -0.05) is 11.0 Å². The highest BCUT2D eigenvalue weighted by atomic mass is 19.4. The number of hydrogen-bond donors (Lipinski definition) is 1. The van der Waals surface area contributed by atoms with E-state index in [1.165, 1.54) is 28.8 Å². The molecule has 5 rings (SSSR count). The van der Waals surface area contributed by atoms with Crippen LogP contribution >= 0.6 is 0 Å². The molecule has 12 heteroatoms. The van der Waals surface area contributed by atoms with E-state index in [-0.39, 0.29) is 34.3 Å². The Hall–Kier alpha value is -4.97. The van der Waals surface area contributed by atoms with Gasteiger partial charge in [-0.05, 0) is 55.3 Å². The number of hydrogen-bond acceptors (Lipinski definition) is 6. The molecule has 1 fully saturated rings. The third kappa shape index (κ3) is 4.60. The van der Waals surface area contributed by atoms with E-state index in [9.17, 15) is 28.0 Å². The highest BCUT2D eigenvalue weighted by molar-refractivity contribution is 5.94. The number of piperidine rings is 1. The third-order valence-electron chi connectivity index (χ3n) is 6.46. The predicted octanol–water partition coefficient (Wildman–Crippen LogP) is 4.65. The molecule has 2 aromatic heterocycles. The van der Waals surface area contributed by atoms with Crippen LogP contribution in [0, 0.1) is 23.7 Å². The maximum atomic E-state index is 13.1. The molecule has 4 aromatic rings. The summed E-state index contributed by atoms with van der Waals surface area (Å²) >= 11 is 0. The van der Waals surface area contributed by atoms with Crippen molar-refractivity contribution in [3.63, 3.8) is 0 Å². The van der Waals surface area contributed by atoms with Gasteiger partial charge in [0.05, 0.1) is 22.3 Å². The normalized spacial score (nSPS) is 14.7. The van der Waals surface area contributed by atoms with E-state index in [1.54, 1.807) is 23.1 Å². The minimum absolute atomic E-state index is 0.0209. The minimum Gasteiger partial charge on any atom is -0.339 e. The van der Waals surface area contributed by atoms with Gasteiger partial charge in [0.2, 0.25) is 0 Å². The fourth-order valence-corrected chi connectivity index (χ4v) is 4.59. The molecule has 3 heterocycles. The number of nitrogens with zero attached hydrogens (tertiary/aromatic N) is 6. The third-order valence-corrected chi connectivity index (χ3v) is 6.46. The van der Waals surface area contributed by atoms with Crippen molar-refractivity contribution in [2.45, 2.75) is 25.1 Å². The number of carbonyl (C=O) groups is 1. The summed E-state index contributed by atoms with van der Waals surface area (Å²) in [5.74, 6) is 2.10. The summed E-state index contributed by atoms with van der Waals surface area (Å²) in [4.78, 5) is 32.2. The van der Waals surface area contributed by atoms with E-state index in [0.29, 0.717) is 53.7 Å². The lowest BCUT2D eigenvalue weighted by atomic mass is 9.91. The van der Waals surface area contributed by atoms with Crippen LogP contribution < -0.4 is 5.56 Å². The maximum Gasteiger partial charge on any atom is 0.521 e. The predicted molar refractivity (Wildman–Crippen MR) is 131 cm³/mol. The lowest BCUT2D eigenvalue weighted by molar-refractivity contribution is -0.125. The number of benzene rings is 2. The lowest BCUT2D eigenvalue weighted by Crippen LogP contribution is -2.38. The number of aromatic amines is 1. The summed E-state index contributed by atoms with van der Waals surface area (Å²) in [5.41, 5.74) is 1.99. The van der Waals surface area contributed by atoms with E-state index in [4.69, 9.17) is 6.42 Å². The summed E-state index contributed by atoms with van der Waals surface area (Å²) in [6, 6.07) is 12.5. The van der Waals surface area contributed by atoms with Crippen LogP contribution in [0.4, 0.5) is 18.9 Å². The van der Waals surface area contributed by atoms with Crippen molar-refractivity contribution in [3.05, 3.63) is 75.2 Å². The zero-order valence-electron chi connectivity index (χ0n) is 19.7. The van der Waals surface area contributed by atoms with Gasteiger partial charge in [-0.3, -0.25) is 14.7 Å². The number of terminal acetylenes is 1. The Kier molecular flexibility index (Phi) is 6.17. The van der Waals surface area contributed by atoms with Gasteiger partial charge >= 0.3 is 6.30 Å². The number of nitrogens with one attached hydrogen (secondary N) is 1. The topological polar surface area (TPSA) is 119 Å². The molecule has 1 saturated heterocycles. The largest absolute Gasteiger partial charge is 0.521 e. The van der Waals surface area contributed by atoms with E-state index in [1.807, 2.05) is 0 Å². The Morgan fingerprint density at radius 1 is 1.16 bits per heavy atom. The first-order valence-corrected chi connectivity index (χ1v) is 11.5. The second-order valence-corrected chi connectivity index (χ2v) is 8.75. The highest BCUT2D eigenvalue weighted by Gasteiger charge is 2.29. The number of alkyl halides is 3. The molecule has 0 aliphatic carbocycles. The molecule has 0 bridgehead atoms. The van der Waals surface area contributed by atoms with Crippen molar-refractivity contribution in [2.24, 2.45) is 10.2 Å². The molecular weight excluding hydrogens is 499 g/mol. The van der Waals surface area contributed by atoms with Gasteiger partial charge in [0, 0.05) is 30.1 Å². The summed E-state index contributed by atoms with van der Waals surface area (Å²) in [7, 11) is 0. The van der Waals surface area contributed by atoms with Crippen LogP contribution in [-0.4, -0.2) is 44.8 Å². The first kappa shape index (κ1) is 24.7. The molecule has 1 N–H and O–H groups in total. The SMILES string of the molecule is C#Cc1ccc2nc3c(C#N)c(C4CCN(C(=O)c5ccc(N=NC(F)(F)F)cc5)CC4)[nH]n3c(=O)c2c1. The Balaban J connectivity index is 1.35. The Labute approximate surface area is 213 Å². The fraction of sp³-hybridized carbons (Fsp3) is 0.231. The second kappa shape index (κ2) is 9.48. The molecule has 1 amide bonds. The number of rotatable bonds is 3. The number of carbonyl (C=O) groups excluding carboxylic acids is 1. The Morgan fingerprint density at radius 2 is 1.87 bits per heavy atom. The molecule has 1 aliphatic heterocycles. The van der Waals surface area contributed by atoms with Crippen LogP contribution in [0.3, 0.4) is 0 Å². The molecule has 9 nitrogen and oxygen atoms in total. The van der Waals surface area contributed by atoms with Crippen LogP contribution in [0.5, 0.6) is 0 Å². The van der Waals surface area contributed by atoms with Crippen molar-refractivity contribution in [1.82, 2.24) is 19.5 Å². The number of aromatic nitrogens is 3. The number of likely N-dealkylation sites (tertiary alicyclic amines) is 1. The molecule has 38 heavy (non-hydrogen) atoms. The summed E-state index contributed by atoms with van der Waals surface area (Å²) < 4.78 is 37.9. The number of amides is 1. The molecule has 0 unspecified atom stereocenters. The van der Waals surface area contributed by atoms with Gasteiger partial charge in [0.25, 0.3) is 11.5 Å². The molecule has 0 atom stereocenters. The minimum atomic E-state index is -4.77. The van der Waals surface area contributed by atoms with Crippen LogP contribution in [0.15, 0.2) is 57.5 Å². The average Bonchev–Trinajstić information content (AvgIpc) is 3.30. The van der Waals surface area contributed by atoms with Crippen molar-refractivity contribution in [2.75, 3.05) is 13.1 Å². The average molecular weight is 517 g/mol. The summed E-state index contributed by atoms with van der Waals surface area (Å²) in [6.07, 6.45) is 1.74. The second-order valence-electron chi connectivity index (χ2n) is 8.75. The van der Waals surface area contributed by atoms with Crippen molar-refractivity contribution >= 4 is 28.1 Å². The van der Waals surface area contributed by atoms with E-state index >= 15 is 0 Å². The van der Waals surface area contributed by atoms with Crippen LogP contribution in [0.25, 0.3) is 16.6 Å². The van der Waals surface area contributed by atoms with Crippen molar-refractivity contribution in [3.8, 4) is 18.4 Å². The number of halogens is 3. The van der Waals surface area contributed by atoms with E-state index < -0.39 is 6.30 Å². The van der Waals surface area contributed by atoms with E-state index in [0.717, 1.165) is 0 Å². The number of nitriles is 1. The van der Waals surface area contributed by atoms with Crippen LogP contribution in [-0.2, 0) is 0 Å². The van der Waals surface area contributed by atoms with Gasteiger partial charge in [-0.2, -0.15) is 9.78 Å². The number of H-pyrrole nitrogens is 1.